The Balaban J connectivity index is 2.11. The quantitative estimate of drug-likeness (QED) is 0.475. The maximum atomic E-state index is 5.56. The molecule has 124 valence electrons. The molecule has 0 saturated carbocycles. The van der Waals surface area contributed by atoms with Crippen molar-refractivity contribution in [2.45, 2.75) is 5.16 Å². The number of thioether (sulfide) groups is 1. The van der Waals surface area contributed by atoms with Gasteiger partial charge in [0.2, 0.25) is 0 Å². The van der Waals surface area contributed by atoms with Crippen molar-refractivity contribution in [3.63, 3.8) is 0 Å². The summed E-state index contributed by atoms with van der Waals surface area (Å²) in [5.74, 6) is 1.66. The van der Waals surface area contributed by atoms with Gasteiger partial charge in [-0.2, -0.15) is 0 Å². The summed E-state index contributed by atoms with van der Waals surface area (Å²) >= 11 is 1.67. The molecular weight excluding hydrogens is 320 g/mol. The first-order chi connectivity index (χ1) is 11.8. The SMILES string of the molecule is COCCSc1ncc(-c2ccccc2)n1-c1ccccc1OC. The lowest BCUT2D eigenvalue weighted by atomic mass is 10.1. The van der Waals surface area contributed by atoms with E-state index in [-0.39, 0.29) is 0 Å². The van der Waals surface area contributed by atoms with E-state index >= 15 is 0 Å². The summed E-state index contributed by atoms with van der Waals surface area (Å²) < 4.78 is 12.9. The van der Waals surface area contributed by atoms with Gasteiger partial charge in [0.1, 0.15) is 5.75 Å². The first-order valence-electron chi connectivity index (χ1n) is 7.73. The third kappa shape index (κ3) is 3.47. The minimum atomic E-state index is 0.685. The number of nitrogens with zero attached hydrogens (tertiary/aromatic N) is 2. The lowest BCUT2D eigenvalue weighted by Crippen LogP contribution is -2.03. The van der Waals surface area contributed by atoms with Crippen LogP contribution in [0.3, 0.4) is 0 Å². The third-order valence-corrected chi connectivity index (χ3v) is 4.56. The molecule has 0 atom stereocenters. The van der Waals surface area contributed by atoms with Crippen LogP contribution < -0.4 is 4.74 Å². The summed E-state index contributed by atoms with van der Waals surface area (Å²) in [7, 11) is 3.40. The summed E-state index contributed by atoms with van der Waals surface area (Å²) in [6.45, 7) is 0.685. The third-order valence-electron chi connectivity index (χ3n) is 3.64. The Bertz CT molecular complexity index is 787. The molecule has 3 aromatic rings. The van der Waals surface area contributed by atoms with Crippen molar-refractivity contribution >= 4 is 11.8 Å². The van der Waals surface area contributed by atoms with Crippen LogP contribution in [0.4, 0.5) is 0 Å². The standard InChI is InChI=1S/C19H20N2O2S/c1-22-12-13-24-19-20-14-17(15-8-4-3-5-9-15)21(19)16-10-6-7-11-18(16)23-2/h3-11,14H,12-13H2,1-2H3. The molecule has 5 heteroatoms. The molecule has 3 rings (SSSR count). The van der Waals surface area contributed by atoms with Crippen LogP contribution in [0.1, 0.15) is 0 Å². The van der Waals surface area contributed by atoms with E-state index in [0.717, 1.165) is 33.6 Å². The van der Waals surface area contributed by atoms with Crippen molar-refractivity contribution in [3.8, 4) is 22.7 Å². The lowest BCUT2D eigenvalue weighted by molar-refractivity contribution is 0.218. The molecule has 0 aliphatic rings. The molecule has 0 bridgehead atoms. The Labute approximate surface area is 146 Å². The number of hydrogen-bond acceptors (Lipinski definition) is 4. The van der Waals surface area contributed by atoms with E-state index in [9.17, 15) is 0 Å². The molecule has 1 aromatic heterocycles. The smallest absolute Gasteiger partial charge is 0.173 e. The zero-order chi connectivity index (χ0) is 16.8. The highest BCUT2D eigenvalue weighted by molar-refractivity contribution is 7.99. The van der Waals surface area contributed by atoms with Crippen molar-refractivity contribution in [2.75, 3.05) is 26.6 Å². The molecule has 0 amide bonds. The molecule has 24 heavy (non-hydrogen) atoms. The van der Waals surface area contributed by atoms with Crippen LogP contribution in [0.25, 0.3) is 16.9 Å². The fraction of sp³-hybridized carbons (Fsp3) is 0.211. The van der Waals surface area contributed by atoms with Crippen molar-refractivity contribution in [1.29, 1.82) is 0 Å². The predicted octanol–water partition coefficient (Wildman–Crippen LogP) is 4.29. The minimum absolute atomic E-state index is 0.685. The highest BCUT2D eigenvalue weighted by Crippen LogP contribution is 2.33. The van der Waals surface area contributed by atoms with Gasteiger partial charge in [0.15, 0.2) is 5.16 Å². The number of hydrogen-bond donors (Lipinski definition) is 0. The molecule has 0 aliphatic heterocycles. The zero-order valence-electron chi connectivity index (χ0n) is 13.8. The van der Waals surface area contributed by atoms with Crippen LogP contribution in [0.5, 0.6) is 5.75 Å². The first-order valence-corrected chi connectivity index (χ1v) is 8.72. The number of methoxy groups -OCH3 is 2. The van der Waals surface area contributed by atoms with E-state index in [1.165, 1.54) is 0 Å². The van der Waals surface area contributed by atoms with Gasteiger partial charge < -0.3 is 9.47 Å². The van der Waals surface area contributed by atoms with E-state index < -0.39 is 0 Å². The Morgan fingerprint density at radius 3 is 2.50 bits per heavy atom. The number of ether oxygens (including phenoxy) is 2. The lowest BCUT2D eigenvalue weighted by Gasteiger charge is -2.15. The highest BCUT2D eigenvalue weighted by Gasteiger charge is 2.16. The molecule has 0 fully saturated rings. The molecule has 0 saturated heterocycles. The van der Waals surface area contributed by atoms with Crippen LogP contribution in [-0.2, 0) is 4.74 Å². The number of imidazole rings is 1. The maximum Gasteiger partial charge on any atom is 0.173 e. The van der Waals surface area contributed by atoms with E-state index in [1.54, 1.807) is 26.0 Å². The van der Waals surface area contributed by atoms with Gasteiger partial charge >= 0.3 is 0 Å². The van der Waals surface area contributed by atoms with Gasteiger partial charge in [-0.05, 0) is 12.1 Å². The molecule has 2 aromatic carbocycles. The summed E-state index contributed by atoms with van der Waals surface area (Å²) in [5.41, 5.74) is 3.14. The number of para-hydroxylation sites is 2. The molecule has 0 radical (unpaired) electrons. The monoisotopic (exact) mass is 340 g/mol. The molecule has 0 spiro atoms. The van der Waals surface area contributed by atoms with E-state index in [2.05, 4.69) is 21.7 Å². The zero-order valence-corrected chi connectivity index (χ0v) is 14.6. The number of aromatic nitrogens is 2. The molecule has 1 heterocycles. The Kier molecular flexibility index (Phi) is 5.56. The Hall–Kier alpha value is -2.24. The maximum absolute atomic E-state index is 5.56. The van der Waals surface area contributed by atoms with Crippen LogP contribution in [0, 0.1) is 0 Å². The largest absolute Gasteiger partial charge is 0.495 e. The Morgan fingerprint density at radius 1 is 1.00 bits per heavy atom. The Morgan fingerprint density at radius 2 is 1.75 bits per heavy atom. The molecule has 0 aliphatic carbocycles. The highest BCUT2D eigenvalue weighted by atomic mass is 32.2. The van der Waals surface area contributed by atoms with E-state index in [4.69, 9.17) is 9.47 Å². The van der Waals surface area contributed by atoms with E-state index in [0.29, 0.717) is 6.61 Å². The van der Waals surface area contributed by atoms with Gasteiger partial charge in [0, 0.05) is 18.4 Å². The molecule has 0 N–H and O–H groups in total. The van der Waals surface area contributed by atoms with Gasteiger partial charge in [-0.15, -0.1) is 0 Å². The van der Waals surface area contributed by atoms with Crippen molar-refractivity contribution in [3.05, 3.63) is 60.8 Å². The second-order valence-corrected chi connectivity index (χ2v) is 6.20. The second kappa shape index (κ2) is 8.04. The van der Waals surface area contributed by atoms with Crippen molar-refractivity contribution in [1.82, 2.24) is 9.55 Å². The molecular formula is C19H20N2O2S. The van der Waals surface area contributed by atoms with Crippen molar-refractivity contribution < 1.29 is 9.47 Å². The minimum Gasteiger partial charge on any atom is -0.495 e. The van der Waals surface area contributed by atoms with Gasteiger partial charge in [0.05, 0.1) is 31.3 Å². The van der Waals surface area contributed by atoms with Gasteiger partial charge in [-0.3, -0.25) is 4.57 Å². The van der Waals surface area contributed by atoms with Crippen molar-refractivity contribution in [2.24, 2.45) is 0 Å². The van der Waals surface area contributed by atoms with Crippen LogP contribution in [0.15, 0.2) is 66.0 Å². The van der Waals surface area contributed by atoms with E-state index in [1.807, 2.05) is 48.7 Å². The number of benzene rings is 2. The molecule has 4 nitrogen and oxygen atoms in total. The summed E-state index contributed by atoms with van der Waals surface area (Å²) in [6.07, 6.45) is 1.91. The van der Waals surface area contributed by atoms with Crippen LogP contribution in [-0.4, -0.2) is 36.1 Å². The summed E-state index contributed by atoms with van der Waals surface area (Å²) in [6, 6.07) is 18.3. The molecule has 0 unspecified atom stereocenters. The topological polar surface area (TPSA) is 36.3 Å². The average molecular weight is 340 g/mol. The fourth-order valence-corrected chi connectivity index (χ4v) is 3.40. The first kappa shape index (κ1) is 16.6. The summed E-state index contributed by atoms with van der Waals surface area (Å²) in [4.78, 5) is 4.63. The fourth-order valence-electron chi connectivity index (χ4n) is 2.51. The van der Waals surface area contributed by atoms with Crippen LogP contribution in [0.2, 0.25) is 0 Å². The van der Waals surface area contributed by atoms with Gasteiger partial charge in [-0.25, -0.2) is 4.98 Å². The normalized spacial score (nSPS) is 10.8. The second-order valence-electron chi connectivity index (χ2n) is 5.14. The van der Waals surface area contributed by atoms with Crippen LogP contribution >= 0.6 is 11.8 Å². The number of rotatable bonds is 7. The van der Waals surface area contributed by atoms with Gasteiger partial charge in [0.25, 0.3) is 0 Å². The average Bonchev–Trinajstić information content (AvgIpc) is 3.06. The predicted molar refractivity (Wildman–Crippen MR) is 98.2 cm³/mol. The summed E-state index contributed by atoms with van der Waals surface area (Å²) in [5, 5.41) is 0.926. The van der Waals surface area contributed by atoms with Gasteiger partial charge in [-0.1, -0.05) is 54.2 Å².